The summed E-state index contributed by atoms with van der Waals surface area (Å²) in [7, 11) is 3.59. The molecule has 0 saturated carbocycles. The highest BCUT2D eigenvalue weighted by molar-refractivity contribution is 9.10. The summed E-state index contributed by atoms with van der Waals surface area (Å²) in [5.41, 5.74) is 2.06. The number of aromatic nitrogens is 2. The van der Waals surface area contributed by atoms with E-state index in [1.165, 1.54) is 0 Å². The highest BCUT2D eigenvalue weighted by Crippen LogP contribution is 2.34. The van der Waals surface area contributed by atoms with E-state index in [4.69, 9.17) is 4.74 Å². The number of halogens is 1. The van der Waals surface area contributed by atoms with Crippen LogP contribution in [0.5, 0.6) is 5.75 Å². The van der Waals surface area contributed by atoms with Crippen molar-refractivity contribution in [3.63, 3.8) is 0 Å². The highest BCUT2D eigenvalue weighted by Gasteiger charge is 2.11. The third-order valence-corrected chi connectivity index (χ3v) is 2.85. The molecule has 0 amide bonds. The van der Waals surface area contributed by atoms with Crippen LogP contribution >= 0.6 is 15.9 Å². The van der Waals surface area contributed by atoms with Crippen LogP contribution in [0.15, 0.2) is 16.7 Å². The maximum absolute atomic E-state index is 5.30. The fourth-order valence-electron chi connectivity index (χ4n) is 1.64. The maximum Gasteiger partial charge on any atom is 0.138 e. The van der Waals surface area contributed by atoms with Gasteiger partial charge >= 0.3 is 0 Å². The van der Waals surface area contributed by atoms with Crippen LogP contribution in [0, 0.1) is 6.92 Å². The lowest BCUT2D eigenvalue weighted by atomic mass is 10.1. The second kappa shape index (κ2) is 3.28. The van der Waals surface area contributed by atoms with E-state index in [2.05, 4.69) is 21.0 Å². The van der Waals surface area contributed by atoms with Crippen LogP contribution in [0.25, 0.3) is 10.9 Å². The number of ether oxygens (including phenoxy) is 1. The Morgan fingerprint density at radius 2 is 2.21 bits per heavy atom. The molecule has 1 aromatic heterocycles. The van der Waals surface area contributed by atoms with E-state index >= 15 is 0 Å². The van der Waals surface area contributed by atoms with Gasteiger partial charge in [-0.05, 0) is 28.9 Å². The van der Waals surface area contributed by atoms with Gasteiger partial charge in [0.15, 0.2) is 0 Å². The van der Waals surface area contributed by atoms with Gasteiger partial charge in [0.2, 0.25) is 0 Å². The van der Waals surface area contributed by atoms with Crippen molar-refractivity contribution in [3.05, 3.63) is 22.3 Å². The third kappa shape index (κ3) is 1.30. The van der Waals surface area contributed by atoms with Gasteiger partial charge in [0.25, 0.3) is 0 Å². The van der Waals surface area contributed by atoms with Gasteiger partial charge in [0.05, 0.1) is 17.1 Å². The molecule has 2 aromatic rings. The lowest BCUT2D eigenvalue weighted by Crippen LogP contribution is -1.90. The molecule has 0 atom stereocenters. The molecule has 0 aliphatic heterocycles. The van der Waals surface area contributed by atoms with Crippen LogP contribution < -0.4 is 4.74 Å². The van der Waals surface area contributed by atoms with Crippen LogP contribution in [-0.4, -0.2) is 16.9 Å². The molecule has 0 unspecified atom stereocenters. The number of benzene rings is 1. The van der Waals surface area contributed by atoms with Crippen molar-refractivity contribution in [2.45, 2.75) is 6.92 Å². The average molecular weight is 255 g/mol. The molecule has 3 nitrogen and oxygen atoms in total. The molecule has 0 bridgehead atoms. The number of nitrogens with zero attached hydrogens (tertiary/aromatic N) is 2. The SMILES string of the molecule is COc1c(Br)cc2cn(C)nc2c1C. The van der Waals surface area contributed by atoms with Crippen LogP contribution in [0.2, 0.25) is 0 Å². The van der Waals surface area contributed by atoms with Crippen LogP contribution in [-0.2, 0) is 7.05 Å². The molecule has 0 spiro atoms. The van der Waals surface area contributed by atoms with E-state index in [-0.39, 0.29) is 0 Å². The number of fused-ring (bicyclic) bond motifs is 1. The predicted octanol–water partition coefficient (Wildman–Crippen LogP) is 2.65. The van der Waals surface area contributed by atoms with Gasteiger partial charge in [-0.1, -0.05) is 0 Å². The second-order valence-electron chi connectivity index (χ2n) is 3.26. The number of aryl methyl sites for hydroxylation is 2. The number of hydrogen-bond acceptors (Lipinski definition) is 2. The first-order valence-electron chi connectivity index (χ1n) is 4.30. The standard InChI is InChI=1S/C10H11BrN2O/c1-6-9-7(5-13(2)12-9)4-8(11)10(6)14-3/h4-5H,1-3H3. The van der Waals surface area contributed by atoms with Crippen molar-refractivity contribution in [3.8, 4) is 5.75 Å². The number of hydrogen-bond donors (Lipinski definition) is 0. The monoisotopic (exact) mass is 254 g/mol. The van der Waals surface area contributed by atoms with Crippen molar-refractivity contribution in [2.75, 3.05) is 7.11 Å². The molecule has 0 aliphatic rings. The summed E-state index contributed by atoms with van der Waals surface area (Å²) in [6, 6.07) is 2.02. The molecular weight excluding hydrogens is 244 g/mol. The van der Waals surface area contributed by atoms with E-state index in [0.29, 0.717) is 0 Å². The molecule has 0 aliphatic carbocycles. The minimum atomic E-state index is 0.858. The maximum atomic E-state index is 5.30. The molecule has 74 valence electrons. The molecule has 0 saturated heterocycles. The van der Waals surface area contributed by atoms with E-state index in [9.17, 15) is 0 Å². The highest BCUT2D eigenvalue weighted by atomic mass is 79.9. The Bertz CT molecular complexity index is 490. The minimum Gasteiger partial charge on any atom is -0.495 e. The lowest BCUT2D eigenvalue weighted by Gasteiger charge is -2.06. The first-order chi connectivity index (χ1) is 6.63. The van der Waals surface area contributed by atoms with Crippen molar-refractivity contribution >= 4 is 26.8 Å². The fraction of sp³-hybridized carbons (Fsp3) is 0.300. The van der Waals surface area contributed by atoms with E-state index < -0.39 is 0 Å². The molecule has 1 aromatic carbocycles. The first kappa shape index (κ1) is 9.52. The zero-order valence-electron chi connectivity index (χ0n) is 8.34. The molecular formula is C10H11BrN2O. The first-order valence-corrected chi connectivity index (χ1v) is 5.09. The third-order valence-electron chi connectivity index (χ3n) is 2.26. The Hall–Kier alpha value is -1.03. The molecule has 0 fully saturated rings. The predicted molar refractivity (Wildman–Crippen MR) is 59.7 cm³/mol. The zero-order valence-corrected chi connectivity index (χ0v) is 9.92. The molecule has 1 heterocycles. The van der Waals surface area contributed by atoms with Crippen molar-refractivity contribution in [1.29, 1.82) is 0 Å². The van der Waals surface area contributed by atoms with Gasteiger partial charge in [-0.25, -0.2) is 0 Å². The summed E-state index contributed by atoms with van der Waals surface area (Å²) in [6.45, 7) is 2.01. The van der Waals surface area contributed by atoms with Crippen LogP contribution in [0.3, 0.4) is 0 Å². The second-order valence-corrected chi connectivity index (χ2v) is 4.11. The summed E-state index contributed by atoms with van der Waals surface area (Å²) in [6.07, 6.45) is 1.99. The van der Waals surface area contributed by atoms with Gasteiger partial charge in [0.1, 0.15) is 5.75 Å². The summed E-state index contributed by atoms with van der Waals surface area (Å²) in [5, 5.41) is 5.50. The van der Waals surface area contributed by atoms with Crippen LogP contribution in [0.4, 0.5) is 0 Å². The smallest absolute Gasteiger partial charge is 0.138 e. The Balaban J connectivity index is 2.84. The van der Waals surface area contributed by atoms with Crippen molar-refractivity contribution in [2.24, 2.45) is 7.05 Å². The summed E-state index contributed by atoms with van der Waals surface area (Å²) in [5.74, 6) is 0.858. The van der Waals surface area contributed by atoms with Gasteiger partial charge in [0, 0.05) is 24.2 Å². The minimum absolute atomic E-state index is 0.858. The summed E-state index contributed by atoms with van der Waals surface area (Å²) in [4.78, 5) is 0. The Morgan fingerprint density at radius 3 is 2.86 bits per heavy atom. The van der Waals surface area contributed by atoms with Gasteiger partial charge in [-0.15, -0.1) is 0 Å². The van der Waals surface area contributed by atoms with E-state index in [0.717, 1.165) is 26.7 Å². The van der Waals surface area contributed by atoms with Crippen LogP contribution in [0.1, 0.15) is 5.56 Å². The normalized spacial score (nSPS) is 10.9. The Morgan fingerprint density at radius 1 is 1.50 bits per heavy atom. The topological polar surface area (TPSA) is 27.1 Å². The average Bonchev–Trinajstić information content (AvgIpc) is 2.47. The fourth-order valence-corrected chi connectivity index (χ4v) is 2.35. The molecule has 4 heteroatoms. The van der Waals surface area contributed by atoms with E-state index in [1.807, 2.05) is 30.9 Å². The number of methoxy groups -OCH3 is 1. The van der Waals surface area contributed by atoms with Gasteiger partial charge in [-0.3, -0.25) is 4.68 Å². The number of rotatable bonds is 1. The van der Waals surface area contributed by atoms with Crippen molar-refractivity contribution in [1.82, 2.24) is 9.78 Å². The Kier molecular flexibility index (Phi) is 2.23. The molecule has 0 radical (unpaired) electrons. The molecule has 2 rings (SSSR count). The van der Waals surface area contributed by atoms with Crippen molar-refractivity contribution < 1.29 is 4.74 Å². The quantitative estimate of drug-likeness (QED) is 0.783. The molecule has 14 heavy (non-hydrogen) atoms. The largest absolute Gasteiger partial charge is 0.495 e. The Labute approximate surface area is 90.8 Å². The lowest BCUT2D eigenvalue weighted by molar-refractivity contribution is 0.409. The summed E-state index contributed by atoms with van der Waals surface area (Å²) >= 11 is 3.48. The molecule has 0 N–H and O–H groups in total. The van der Waals surface area contributed by atoms with Gasteiger partial charge in [-0.2, -0.15) is 5.10 Å². The van der Waals surface area contributed by atoms with E-state index in [1.54, 1.807) is 7.11 Å². The summed E-state index contributed by atoms with van der Waals surface area (Å²) < 4.78 is 8.08. The zero-order chi connectivity index (χ0) is 10.3. The van der Waals surface area contributed by atoms with Gasteiger partial charge < -0.3 is 4.74 Å².